The number of nitrogens with zero attached hydrogens (tertiary/aromatic N) is 1. The molecule has 0 aliphatic carbocycles. The van der Waals surface area contributed by atoms with Gasteiger partial charge in [-0.05, 0) is 23.0 Å². The maximum atomic E-state index is 8.62. The van der Waals surface area contributed by atoms with Crippen LogP contribution in [0.3, 0.4) is 0 Å². The average Bonchev–Trinajstić information content (AvgIpc) is 2.19. The average molecular weight is 187 g/mol. The lowest BCUT2D eigenvalue weighted by molar-refractivity contribution is 0.506. The van der Waals surface area contributed by atoms with E-state index in [2.05, 4.69) is 39.0 Å². The Morgan fingerprint density at radius 2 is 2.07 bits per heavy atom. The maximum absolute atomic E-state index is 8.62. The van der Waals surface area contributed by atoms with E-state index >= 15 is 0 Å². The van der Waals surface area contributed by atoms with E-state index in [0.29, 0.717) is 6.42 Å². The molecule has 0 unspecified atom stereocenters. The number of benzene rings is 1. The molecule has 0 amide bonds. The summed E-state index contributed by atoms with van der Waals surface area (Å²) in [6.45, 7) is 6.66. The van der Waals surface area contributed by atoms with Gasteiger partial charge in [0.2, 0.25) is 0 Å². The maximum Gasteiger partial charge on any atom is 0.0669 e. The number of nitriles is 1. The fourth-order valence-corrected chi connectivity index (χ4v) is 1.40. The summed E-state index contributed by atoms with van der Waals surface area (Å²) in [5.74, 6) is 0. The Morgan fingerprint density at radius 1 is 1.36 bits per heavy atom. The zero-order chi connectivity index (χ0) is 10.6. The zero-order valence-electron chi connectivity index (χ0n) is 9.17. The molecule has 0 bridgehead atoms. The van der Waals surface area contributed by atoms with Crippen molar-refractivity contribution in [2.24, 2.45) is 0 Å². The second-order valence-electron chi connectivity index (χ2n) is 4.27. The van der Waals surface area contributed by atoms with Gasteiger partial charge in [0, 0.05) is 0 Å². The highest BCUT2D eigenvalue weighted by molar-refractivity contribution is 5.30. The fourth-order valence-electron chi connectivity index (χ4n) is 1.40. The van der Waals surface area contributed by atoms with Crippen LogP contribution >= 0.6 is 0 Å². The lowest BCUT2D eigenvalue weighted by atomic mass is 9.81. The Bertz CT molecular complexity index is 344. The second kappa shape index (κ2) is 4.28. The van der Waals surface area contributed by atoms with E-state index in [9.17, 15) is 0 Å². The summed E-state index contributed by atoms with van der Waals surface area (Å²) < 4.78 is 0. The third kappa shape index (κ3) is 2.35. The van der Waals surface area contributed by atoms with Gasteiger partial charge in [0.1, 0.15) is 0 Å². The Hall–Kier alpha value is -1.29. The third-order valence-corrected chi connectivity index (χ3v) is 2.88. The molecule has 14 heavy (non-hydrogen) atoms. The molecule has 0 radical (unpaired) electrons. The summed E-state index contributed by atoms with van der Waals surface area (Å²) in [4.78, 5) is 0. The van der Waals surface area contributed by atoms with Crippen LogP contribution in [-0.4, -0.2) is 0 Å². The van der Waals surface area contributed by atoms with Gasteiger partial charge in [-0.2, -0.15) is 5.26 Å². The Labute approximate surface area is 86.4 Å². The van der Waals surface area contributed by atoms with E-state index < -0.39 is 0 Å². The molecule has 1 aromatic rings. The summed E-state index contributed by atoms with van der Waals surface area (Å²) in [5.41, 5.74) is 2.66. The van der Waals surface area contributed by atoms with Gasteiger partial charge in [0.25, 0.3) is 0 Å². The van der Waals surface area contributed by atoms with E-state index in [0.717, 1.165) is 12.0 Å². The highest BCUT2D eigenvalue weighted by Crippen LogP contribution is 2.27. The summed E-state index contributed by atoms with van der Waals surface area (Å²) in [5, 5.41) is 8.62. The molecule has 0 aliphatic heterocycles. The van der Waals surface area contributed by atoms with Gasteiger partial charge in [-0.1, -0.05) is 45.0 Å². The van der Waals surface area contributed by atoms with Gasteiger partial charge in [-0.3, -0.25) is 0 Å². The van der Waals surface area contributed by atoms with Crippen LogP contribution in [0.4, 0.5) is 0 Å². The molecule has 0 heterocycles. The second-order valence-corrected chi connectivity index (χ2v) is 4.27. The summed E-state index contributed by atoms with van der Waals surface area (Å²) in [6.07, 6.45) is 1.62. The first-order valence-corrected chi connectivity index (χ1v) is 5.06. The van der Waals surface area contributed by atoms with Crippen LogP contribution in [0, 0.1) is 11.3 Å². The first-order valence-electron chi connectivity index (χ1n) is 5.06. The minimum absolute atomic E-state index is 0.214. The molecule has 0 atom stereocenters. The number of hydrogen-bond donors (Lipinski definition) is 0. The van der Waals surface area contributed by atoms with Crippen molar-refractivity contribution in [3.8, 4) is 6.07 Å². The van der Waals surface area contributed by atoms with Crippen molar-refractivity contribution in [3.63, 3.8) is 0 Å². The van der Waals surface area contributed by atoms with E-state index in [1.165, 1.54) is 5.56 Å². The zero-order valence-corrected chi connectivity index (χ0v) is 9.17. The van der Waals surface area contributed by atoms with Crippen LogP contribution in [0.25, 0.3) is 0 Å². The van der Waals surface area contributed by atoms with Crippen LogP contribution in [0.5, 0.6) is 0 Å². The standard InChI is InChI=1S/C13H17N/c1-4-13(2,3)12-7-5-6-11(10-12)8-9-14/h5-7,10H,4,8H2,1-3H3. The van der Waals surface area contributed by atoms with E-state index in [-0.39, 0.29) is 5.41 Å². The minimum Gasteiger partial charge on any atom is -0.198 e. The number of rotatable bonds is 3. The number of hydrogen-bond acceptors (Lipinski definition) is 1. The molecule has 1 rings (SSSR count). The molecule has 0 saturated carbocycles. The summed E-state index contributed by atoms with van der Waals surface area (Å²) >= 11 is 0. The van der Waals surface area contributed by atoms with E-state index in [4.69, 9.17) is 5.26 Å². The van der Waals surface area contributed by atoms with Gasteiger partial charge < -0.3 is 0 Å². The summed E-state index contributed by atoms with van der Waals surface area (Å²) in [7, 11) is 0. The molecular weight excluding hydrogens is 170 g/mol. The van der Waals surface area contributed by atoms with Gasteiger partial charge in [-0.25, -0.2) is 0 Å². The predicted octanol–water partition coefficient (Wildman–Crippen LogP) is 3.44. The molecule has 0 N–H and O–H groups in total. The van der Waals surface area contributed by atoms with E-state index in [1.807, 2.05) is 12.1 Å². The minimum atomic E-state index is 0.214. The Balaban J connectivity index is 3.00. The lowest BCUT2D eigenvalue weighted by Gasteiger charge is -2.23. The van der Waals surface area contributed by atoms with Crippen molar-refractivity contribution in [3.05, 3.63) is 35.4 Å². The largest absolute Gasteiger partial charge is 0.198 e. The smallest absolute Gasteiger partial charge is 0.0669 e. The van der Waals surface area contributed by atoms with Crippen LogP contribution in [0.15, 0.2) is 24.3 Å². The van der Waals surface area contributed by atoms with Crippen LogP contribution < -0.4 is 0 Å². The van der Waals surface area contributed by atoms with Crippen molar-refractivity contribution >= 4 is 0 Å². The van der Waals surface area contributed by atoms with Gasteiger partial charge in [0.15, 0.2) is 0 Å². The molecule has 1 aromatic carbocycles. The van der Waals surface area contributed by atoms with Gasteiger partial charge >= 0.3 is 0 Å². The van der Waals surface area contributed by atoms with Crippen molar-refractivity contribution < 1.29 is 0 Å². The van der Waals surface area contributed by atoms with Crippen LogP contribution in [0.2, 0.25) is 0 Å². The van der Waals surface area contributed by atoms with Gasteiger partial charge in [-0.15, -0.1) is 0 Å². The first-order chi connectivity index (χ1) is 6.60. The highest BCUT2D eigenvalue weighted by Gasteiger charge is 2.17. The van der Waals surface area contributed by atoms with Crippen molar-refractivity contribution in [1.29, 1.82) is 5.26 Å². The van der Waals surface area contributed by atoms with Crippen molar-refractivity contribution in [2.45, 2.75) is 39.0 Å². The quantitative estimate of drug-likeness (QED) is 0.711. The molecule has 74 valence electrons. The molecule has 1 nitrogen and oxygen atoms in total. The summed E-state index contributed by atoms with van der Waals surface area (Å²) in [6, 6.07) is 10.5. The topological polar surface area (TPSA) is 23.8 Å². The van der Waals surface area contributed by atoms with Crippen molar-refractivity contribution in [2.75, 3.05) is 0 Å². The van der Waals surface area contributed by atoms with Crippen LogP contribution in [0.1, 0.15) is 38.3 Å². The Kier molecular flexibility index (Phi) is 3.30. The molecule has 1 heteroatoms. The van der Waals surface area contributed by atoms with E-state index in [1.54, 1.807) is 0 Å². The third-order valence-electron chi connectivity index (χ3n) is 2.88. The molecule has 0 saturated heterocycles. The fraction of sp³-hybridized carbons (Fsp3) is 0.462. The predicted molar refractivity (Wildman–Crippen MR) is 59.1 cm³/mol. The first kappa shape index (κ1) is 10.8. The molecular formula is C13H17N. The van der Waals surface area contributed by atoms with Crippen LogP contribution in [-0.2, 0) is 11.8 Å². The Morgan fingerprint density at radius 3 is 2.64 bits per heavy atom. The molecule has 0 spiro atoms. The lowest BCUT2D eigenvalue weighted by Crippen LogP contribution is -2.15. The SMILES string of the molecule is CCC(C)(C)c1cccc(CC#N)c1. The monoisotopic (exact) mass is 187 g/mol. The molecule has 0 aromatic heterocycles. The normalized spacial score (nSPS) is 11.0. The highest BCUT2D eigenvalue weighted by atomic mass is 14.2. The van der Waals surface area contributed by atoms with Crippen molar-refractivity contribution in [1.82, 2.24) is 0 Å². The molecule has 0 fully saturated rings. The van der Waals surface area contributed by atoms with Gasteiger partial charge in [0.05, 0.1) is 12.5 Å². The molecule has 0 aliphatic rings.